The number of hydrogen-bond acceptors (Lipinski definition) is 4. The Morgan fingerprint density at radius 3 is 2.48 bits per heavy atom. The zero-order valence-electron chi connectivity index (χ0n) is 17.1. The summed E-state index contributed by atoms with van der Waals surface area (Å²) in [5, 5.41) is 0. The first-order chi connectivity index (χ1) is 13.6. The van der Waals surface area contributed by atoms with Gasteiger partial charge in [0.25, 0.3) is 0 Å². The van der Waals surface area contributed by atoms with Crippen molar-refractivity contribution >= 4 is 35.6 Å². The molecule has 2 atom stereocenters. The van der Waals surface area contributed by atoms with Crippen LogP contribution in [0.2, 0.25) is 0 Å². The Balaban J connectivity index is 0.00000240. The third-order valence-electron chi connectivity index (χ3n) is 6.62. The van der Waals surface area contributed by atoms with Crippen molar-refractivity contribution in [2.75, 3.05) is 50.9 Å². The summed E-state index contributed by atoms with van der Waals surface area (Å²) in [7, 11) is 0. The molecule has 1 spiro atoms. The second-order valence-corrected chi connectivity index (χ2v) is 7.98. The van der Waals surface area contributed by atoms with E-state index in [4.69, 9.17) is 20.2 Å². The minimum atomic E-state index is -0.202. The molecule has 8 heteroatoms. The second-order valence-electron chi connectivity index (χ2n) is 7.98. The second kappa shape index (κ2) is 9.78. The first-order valence-corrected chi connectivity index (χ1v) is 10.4. The first kappa shape index (κ1) is 22.6. The Kier molecular flexibility index (Phi) is 7.61. The minimum Gasteiger partial charge on any atom is -0.381 e. The van der Waals surface area contributed by atoms with Crippen LogP contribution in [0.3, 0.4) is 0 Å². The van der Waals surface area contributed by atoms with Gasteiger partial charge in [-0.1, -0.05) is 0 Å². The highest BCUT2D eigenvalue weighted by atomic mass is 127. The van der Waals surface area contributed by atoms with Crippen molar-refractivity contribution in [2.24, 2.45) is 16.1 Å². The molecule has 2 N–H and O–H groups in total. The van der Waals surface area contributed by atoms with Crippen LogP contribution in [-0.4, -0.2) is 69.0 Å². The molecule has 1 aromatic carbocycles. The van der Waals surface area contributed by atoms with E-state index in [1.165, 1.54) is 12.1 Å². The molecule has 0 radical (unpaired) electrons. The van der Waals surface area contributed by atoms with Crippen molar-refractivity contribution in [1.82, 2.24) is 4.90 Å². The lowest BCUT2D eigenvalue weighted by atomic mass is 9.58. The van der Waals surface area contributed by atoms with E-state index < -0.39 is 0 Å². The Morgan fingerprint density at radius 1 is 1.21 bits per heavy atom. The van der Waals surface area contributed by atoms with Crippen LogP contribution in [0, 0.1) is 11.2 Å². The lowest BCUT2D eigenvalue weighted by Gasteiger charge is -2.55. The van der Waals surface area contributed by atoms with Crippen molar-refractivity contribution in [3.05, 3.63) is 30.1 Å². The maximum atomic E-state index is 13.1. The van der Waals surface area contributed by atoms with E-state index in [1.54, 1.807) is 0 Å². The largest absolute Gasteiger partial charge is 0.381 e. The third-order valence-corrected chi connectivity index (χ3v) is 6.62. The average molecular weight is 518 g/mol. The van der Waals surface area contributed by atoms with Crippen LogP contribution in [0.5, 0.6) is 0 Å². The molecule has 0 aromatic heterocycles. The van der Waals surface area contributed by atoms with Crippen LogP contribution in [0.4, 0.5) is 10.1 Å². The fraction of sp³-hybridized carbons (Fsp3) is 0.667. The SMILES string of the molecule is CCOC1CC(N=C(N)N2CCN(c3ccc(F)cc3)CC2)C12CCOCC2.I. The summed E-state index contributed by atoms with van der Waals surface area (Å²) in [6.07, 6.45) is 3.22. The molecule has 29 heavy (non-hydrogen) atoms. The summed E-state index contributed by atoms with van der Waals surface area (Å²) < 4.78 is 24.7. The number of rotatable bonds is 4. The number of halogens is 2. The summed E-state index contributed by atoms with van der Waals surface area (Å²) in [6, 6.07) is 6.91. The van der Waals surface area contributed by atoms with Gasteiger partial charge in [0.2, 0.25) is 0 Å². The van der Waals surface area contributed by atoms with E-state index in [1.807, 2.05) is 12.1 Å². The van der Waals surface area contributed by atoms with Crippen molar-refractivity contribution in [3.63, 3.8) is 0 Å². The van der Waals surface area contributed by atoms with Crippen molar-refractivity contribution in [2.45, 2.75) is 38.3 Å². The molecule has 2 aliphatic heterocycles. The molecule has 1 aliphatic carbocycles. The van der Waals surface area contributed by atoms with Gasteiger partial charge in [0.15, 0.2) is 5.96 Å². The summed E-state index contributed by atoms with van der Waals surface area (Å²) in [6.45, 7) is 7.72. The van der Waals surface area contributed by atoms with E-state index in [-0.39, 0.29) is 47.4 Å². The van der Waals surface area contributed by atoms with Crippen LogP contribution < -0.4 is 10.6 Å². The first-order valence-electron chi connectivity index (χ1n) is 10.4. The quantitative estimate of drug-likeness (QED) is 0.378. The van der Waals surface area contributed by atoms with Gasteiger partial charge < -0.3 is 25.0 Å². The summed E-state index contributed by atoms with van der Waals surface area (Å²) in [5.74, 6) is 0.441. The van der Waals surface area contributed by atoms with Gasteiger partial charge in [0.1, 0.15) is 5.82 Å². The van der Waals surface area contributed by atoms with Crippen molar-refractivity contribution in [3.8, 4) is 0 Å². The molecule has 162 valence electrons. The summed E-state index contributed by atoms with van der Waals surface area (Å²) in [4.78, 5) is 9.37. The topological polar surface area (TPSA) is 63.3 Å². The molecular weight excluding hydrogens is 486 g/mol. The number of ether oxygens (including phenoxy) is 2. The molecular formula is C21H32FIN4O2. The maximum absolute atomic E-state index is 13.1. The Morgan fingerprint density at radius 2 is 1.86 bits per heavy atom. The zero-order valence-corrected chi connectivity index (χ0v) is 19.4. The van der Waals surface area contributed by atoms with Crippen LogP contribution >= 0.6 is 24.0 Å². The van der Waals surface area contributed by atoms with Gasteiger partial charge in [-0.05, 0) is 50.5 Å². The highest BCUT2D eigenvalue weighted by molar-refractivity contribution is 14.0. The van der Waals surface area contributed by atoms with Gasteiger partial charge in [-0.3, -0.25) is 0 Å². The number of aliphatic imine (C=N–C) groups is 1. The number of anilines is 1. The third kappa shape index (κ3) is 4.64. The highest BCUT2D eigenvalue weighted by Gasteiger charge is 2.56. The monoisotopic (exact) mass is 518 g/mol. The van der Waals surface area contributed by atoms with Gasteiger partial charge in [-0.15, -0.1) is 24.0 Å². The smallest absolute Gasteiger partial charge is 0.191 e. The van der Waals surface area contributed by atoms with Crippen molar-refractivity contribution in [1.29, 1.82) is 0 Å². The molecule has 1 saturated carbocycles. The van der Waals surface area contributed by atoms with E-state index in [0.29, 0.717) is 5.96 Å². The molecule has 4 rings (SSSR count). The van der Waals surface area contributed by atoms with Crippen LogP contribution in [-0.2, 0) is 9.47 Å². The molecule has 6 nitrogen and oxygen atoms in total. The molecule has 2 saturated heterocycles. The molecule has 2 unspecified atom stereocenters. The van der Waals surface area contributed by atoms with E-state index >= 15 is 0 Å². The number of piperazine rings is 1. The molecule has 3 fully saturated rings. The predicted octanol–water partition coefficient (Wildman–Crippen LogP) is 2.85. The molecule has 0 amide bonds. The highest BCUT2D eigenvalue weighted by Crippen LogP contribution is 2.52. The lowest BCUT2D eigenvalue weighted by molar-refractivity contribution is -0.163. The Labute approximate surface area is 189 Å². The Hall–Kier alpha value is -1.13. The van der Waals surface area contributed by atoms with Crippen LogP contribution in [0.15, 0.2) is 29.3 Å². The Bertz CT molecular complexity index is 688. The number of nitrogens with two attached hydrogens (primary N) is 1. The van der Waals surface area contributed by atoms with Crippen LogP contribution in [0.1, 0.15) is 26.2 Å². The predicted molar refractivity (Wildman–Crippen MR) is 124 cm³/mol. The summed E-state index contributed by atoms with van der Waals surface area (Å²) in [5.41, 5.74) is 7.55. The molecule has 1 aromatic rings. The van der Waals surface area contributed by atoms with Gasteiger partial charge in [-0.25, -0.2) is 9.38 Å². The lowest BCUT2D eigenvalue weighted by Crippen LogP contribution is -2.61. The van der Waals surface area contributed by atoms with Crippen LogP contribution in [0.25, 0.3) is 0 Å². The van der Waals surface area contributed by atoms with Gasteiger partial charge in [0, 0.05) is 57.1 Å². The molecule has 2 heterocycles. The average Bonchev–Trinajstić information content (AvgIpc) is 2.74. The van der Waals surface area contributed by atoms with E-state index in [9.17, 15) is 4.39 Å². The minimum absolute atomic E-state index is 0. The van der Waals surface area contributed by atoms with Crippen molar-refractivity contribution < 1.29 is 13.9 Å². The fourth-order valence-corrected chi connectivity index (χ4v) is 4.84. The fourth-order valence-electron chi connectivity index (χ4n) is 4.84. The van der Waals surface area contributed by atoms with E-state index in [2.05, 4.69) is 16.7 Å². The van der Waals surface area contributed by atoms with Gasteiger partial charge >= 0.3 is 0 Å². The zero-order chi connectivity index (χ0) is 19.6. The summed E-state index contributed by atoms with van der Waals surface area (Å²) >= 11 is 0. The van der Waals surface area contributed by atoms with Gasteiger partial charge in [0.05, 0.1) is 12.1 Å². The van der Waals surface area contributed by atoms with Gasteiger partial charge in [-0.2, -0.15) is 0 Å². The van der Waals surface area contributed by atoms with E-state index in [0.717, 1.165) is 70.9 Å². The molecule has 3 aliphatic rings. The molecule has 0 bridgehead atoms. The normalized spacial score (nSPS) is 26.8. The maximum Gasteiger partial charge on any atom is 0.191 e. The number of benzene rings is 1. The number of hydrogen-bond donors (Lipinski definition) is 1. The number of nitrogens with zero attached hydrogens (tertiary/aromatic N) is 3. The standard InChI is InChI=1S/C21H31FN4O2.HI/c1-2-28-19-15-18(21(19)7-13-27-14-8-21)24-20(23)26-11-9-25(10-12-26)17-5-3-16(22)4-6-17;/h3-6,18-19H,2,7-15H2,1H3,(H2,23,24);1H. The number of guanidine groups is 1.